The SMILES string of the molecule is CC(Cc1c(F)cccc1F)NCC1CNNC1C.Cl. The number of benzene rings is 1. The van der Waals surface area contributed by atoms with Crippen LogP contribution in [0.5, 0.6) is 0 Å². The maximum Gasteiger partial charge on any atom is 0.129 e. The third-order valence-electron chi connectivity index (χ3n) is 3.70. The molecular formula is C14H22ClF2N3. The average Bonchev–Trinajstić information content (AvgIpc) is 2.77. The molecule has 0 saturated carbocycles. The molecule has 0 aliphatic carbocycles. The van der Waals surface area contributed by atoms with Crippen molar-refractivity contribution in [2.24, 2.45) is 5.92 Å². The van der Waals surface area contributed by atoms with Gasteiger partial charge in [-0.1, -0.05) is 6.07 Å². The Hall–Kier alpha value is -0.750. The molecule has 0 spiro atoms. The molecule has 0 radical (unpaired) electrons. The monoisotopic (exact) mass is 305 g/mol. The lowest BCUT2D eigenvalue weighted by molar-refractivity contribution is 0.416. The summed E-state index contributed by atoms with van der Waals surface area (Å²) in [7, 11) is 0. The molecule has 2 rings (SSSR count). The van der Waals surface area contributed by atoms with Gasteiger partial charge in [0.15, 0.2) is 0 Å². The summed E-state index contributed by atoms with van der Waals surface area (Å²) in [5, 5.41) is 3.34. The Morgan fingerprint density at radius 3 is 2.55 bits per heavy atom. The van der Waals surface area contributed by atoms with Crippen LogP contribution >= 0.6 is 12.4 Å². The van der Waals surface area contributed by atoms with Crippen LogP contribution in [0.3, 0.4) is 0 Å². The summed E-state index contributed by atoms with van der Waals surface area (Å²) in [6, 6.07) is 4.45. The molecule has 1 aromatic rings. The van der Waals surface area contributed by atoms with Crippen molar-refractivity contribution in [3.05, 3.63) is 35.4 Å². The summed E-state index contributed by atoms with van der Waals surface area (Å²) in [6.07, 6.45) is 0.362. The van der Waals surface area contributed by atoms with Crippen molar-refractivity contribution >= 4 is 12.4 Å². The molecule has 1 heterocycles. The van der Waals surface area contributed by atoms with E-state index < -0.39 is 11.6 Å². The molecule has 3 N–H and O–H groups in total. The normalized spacial score (nSPS) is 23.4. The van der Waals surface area contributed by atoms with Gasteiger partial charge >= 0.3 is 0 Å². The van der Waals surface area contributed by atoms with Crippen LogP contribution in [-0.4, -0.2) is 25.2 Å². The summed E-state index contributed by atoms with van der Waals surface area (Å²) in [5.74, 6) is -0.439. The van der Waals surface area contributed by atoms with E-state index in [-0.39, 0.29) is 24.0 Å². The van der Waals surface area contributed by atoms with Gasteiger partial charge < -0.3 is 5.32 Å². The van der Waals surface area contributed by atoms with E-state index in [4.69, 9.17) is 0 Å². The highest BCUT2D eigenvalue weighted by Crippen LogP contribution is 2.14. The quantitative estimate of drug-likeness (QED) is 0.779. The van der Waals surface area contributed by atoms with Crippen molar-refractivity contribution in [3.8, 4) is 0 Å². The lowest BCUT2D eigenvalue weighted by Crippen LogP contribution is -2.37. The van der Waals surface area contributed by atoms with Gasteiger partial charge in [0.05, 0.1) is 0 Å². The van der Waals surface area contributed by atoms with Gasteiger partial charge in [0.1, 0.15) is 11.6 Å². The smallest absolute Gasteiger partial charge is 0.129 e. The minimum absolute atomic E-state index is 0. The largest absolute Gasteiger partial charge is 0.314 e. The fraction of sp³-hybridized carbons (Fsp3) is 0.571. The van der Waals surface area contributed by atoms with Crippen molar-refractivity contribution in [1.29, 1.82) is 0 Å². The molecule has 1 aliphatic rings. The highest BCUT2D eigenvalue weighted by molar-refractivity contribution is 5.85. The lowest BCUT2D eigenvalue weighted by Gasteiger charge is -2.19. The maximum absolute atomic E-state index is 13.5. The van der Waals surface area contributed by atoms with Gasteiger partial charge in [-0.05, 0) is 32.4 Å². The first-order chi connectivity index (χ1) is 9.08. The van der Waals surface area contributed by atoms with Crippen LogP contribution in [0.1, 0.15) is 19.4 Å². The number of hydrogen-bond acceptors (Lipinski definition) is 3. The topological polar surface area (TPSA) is 36.1 Å². The minimum Gasteiger partial charge on any atom is -0.314 e. The fourth-order valence-corrected chi connectivity index (χ4v) is 2.35. The molecule has 3 nitrogen and oxygen atoms in total. The van der Waals surface area contributed by atoms with E-state index >= 15 is 0 Å². The molecular weight excluding hydrogens is 284 g/mol. The molecule has 1 fully saturated rings. The first-order valence-electron chi connectivity index (χ1n) is 6.72. The van der Waals surface area contributed by atoms with Gasteiger partial charge in [0.25, 0.3) is 0 Å². The Labute approximate surface area is 124 Å². The van der Waals surface area contributed by atoms with E-state index in [0.717, 1.165) is 13.1 Å². The van der Waals surface area contributed by atoms with Gasteiger partial charge in [0.2, 0.25) is 0 Å². The Kier molecular flexibility index (Phi) is 6.82. The number of halogens is 3. The van der Waals surface area contributed by atoms with Crippen LogP contribution in [0.2, 0.25) is 0 Å². The summed E-state index contributed by atoms with van der Waals surface area (Å²) < 4.78 is 27.1. The zero-order chi connectivity index (χ0) is 13.8. The van der Waals surface area contributed by atoms with Crippen molar-refractivity contribution < 1.29 is 8.78 Å². The van der Waals surface area contributed by atoms with Gasteiger partial charge in [-0.3, -0.25) is 10.9 Å². The summed E-state index contributed by atoms with van der Waals surface area (Å²) >= 11 is 0. The molecule has 1 saturated heterocycles. The standard InChI is InChI=1S/C14H21F2N3.ClH/c1-9(17-7-11-8-18-19-10(11)2)6-12-13(15)4-3-5-14(12)16;/h3-5,9-11,17-19H,6-8H2,1-2H3;1H. The van der Waals surface area contributed by atoms with Gasteiger partial charge in [-0.2, -0.15) is 0 Å². The number of rotatable bonds is 5. The average molecular weight is 306 g/mol. The Balaban J connectivity index is 0.00000200. The third kappa shape index (κ3) is 4.38. The Bertz CT molecular complexity index is 411. The summed E-state index contributed by atoms with van der Waals surface area (Å²) in [4.78, 5) is 0. The van der Waals surface area contributed by atoms with Gasteiger partial charge in [0, 0.05) is 36.7 Å². The minimum atomic E-state index is -0.466. The zero-order valence-electron chi connectivity index (χ0n) is 11.7. The van der Waals surface area contributed by atoms with E-state index in [0.29, 0.717) is 18.4 Å². The molecule has 0 amide bonds. The second-order valence-electron chi connectivity index (χ2n) is 5.29. The second-order valence-corrected chi connectivity index (χ2v) is 5.29. The molecule has 3 atom stereocenters. The Morgan fingerprint density at radius 1 is 1.35 bits per heavy atom. The molecule has 0 bridgehead atoms. The van der Waals surface area contributed by atoms with Crippen molar-refractivity contribution in [3.63, 3.8) is 0 Å². The van der Waals surface area contributed by atoms with Crippen LogP contribution in [0, 0.1) is 17.6 Å². The number of hydrogen-bond donors (Lipinski definition) is 3. The fourth-order valence-electron chi connectivity index (χ4n) is 2.35. The second kappa shape index (κ2) is 7.88. The maximum atomic E-state index is 13.5. The molecule has 114 valence electrons. The van der Waals surface area contributed by atoms with E-state index in [2.05, 4.69) is 23.1 Å². The predicted octanol–water partition coefficient (Wildman–Crippen LogP) is 2.02. The first-order valence-corrected chi connectivity index (χ1v) is 6.72. The third-order valence-corrected chi connectivity index (χ3v) is 3.70. The lowest BCUT2D eigenvalue weighted by atomic mass is 10.0. The van der Waals surface area contributed by atoms with Crippen LogP contribution in [0.15, 0.2) is 18.2 Å². The molecule has 6 heteroatoms. The summed E-state index contributed by atoms with van der Waals surface area (Å²) in [5.41, 5.74) is 6.42. The molecule has 20 heavy (non-hydrogen) atoms. The zero-order valence-corrected chi connectivity index (χ0v) is 12.6. The van der Waals surface area contributed by atoms with Crippen LogP contribution in [-0.2, 0) is 6.42 Å². The number of hydrazine groups is 1. The molecule has 0 aromatic heterocycles. The van der Waals surface area contributed by atoms with E-state index in [1.54, 1.807) is 0 Å². The molecule has 3 unspecified atom stereocenters. The highest BCUT2D eigenvalue weighted by atomic mass is 35.5. The Morgan fingerprint density at radius 2 is 2.00 bits per heavy atom. The predicted molar refractivity (Wildman–Crippen MR) is 78.9 cm³/mol. The van der Waals surface area contributed by atoms with Gasteiger partial charge in [-0.15, -0.1) is 12.4 Å². The highest BCUT2D eigenvalue weighted by Gasteiger charge is 2.23. The molecule has 1 aliphatic heterocycles. The van der Waals surface area contributed by atoms with Crippen molar-refractivity contribution in [2.75, 3.05) is 13.1 Å². The van der Waals surface area contributed by atoms with E-state index in [9.17, 15) is 8.78 Å². The van der Waals surface area contributed by atoms with Crippen LogP contribution in [0.4, 0.5) is 8.78 Å². The number of nitrogens with one attached hydrogen (secondary N) is 3. The molecule has 1 aromatic carbocycles. The van der Waals surface area contributed by atoms with E-state index in [1.807, 2.05) is 6.92 Å². The van der Waals surface area contributed by atoms with Crippen LogP contribution < -0.4 is 16.2 Å². The van der Waals surface area contributed by atoms with Crippen molar-refractivity contribution in [1.82, 2.24) is 16.2 Å². The van der Waals surface area contributed by atoms with Crippen LogP contribution in [0.25, 0.3) is 0 Å². The summed E-state index contributed by atoms with van der Waals surface area (Å²) in [6.45, 7) is 5.81. The first kappa shape index (κ1) is 17.3. The van der Waals surface area contributed by atoms with Crippen molar-refractivity contribution in [2.45, 2.75) is 32.4 Å². The van der Waals surface area contributed by atoms with Gasteiger partial charge in [-0.25, -0.2) is 8.78 Å². The van der Waals surface area contributed by atoms with E-state index in [1.165, 1.54) is 18.2 Å².